The summed E-state index contributed by atoms with van der Waals surface area (Å²) < 4.78 is 26.8. The van der Waals surface area contributed by atoms with E-state index in [1.807, 2.05) is 0 Å². The van der Waals surface area contributed by atoms with E-state index in [1.54, 1.807) is 0 Å². The third-order valence-corrected chi connectivity index (χ3v) is 7.50. The Kier molecular flexibility index (Phi) is 3.89. The predicted octanol–water partition coefficient (Wildman–Crippen LogP) is 1.66. The van der Waals surface area contributed by atoms with Crippen LogP contribution in [0.4, 0.5) is 0 Å². The highest BCUT2D eigenvalue weighted by molar-refractivity contribution is 8.01. The van der Waals surface area contributed by atoms with Crippen molar-refractivity contribution in [1.82, 2.24) is 9.29 Å². The van der Waals surface area contributed by atoms with Crippen molar-refractivity contribution in [3.05, 3.63) is 23.5 Å². The minimum absolute atomic E-state index is 0.131. The van der Waals surface area contributed by atoms with Crippen LogP contribution in [0.15, 0.2) is 23.2 Å². The van der Waals surface area contributed by atoms with Crippen molar-refractivity contribution in [2.45, 2.75) is 29.2 Å². The number of aliphatic carboxylic acids is 1. The number of hydrogen-bond donors (Lipinski definition) is 1. The Labute approximate surface area is 131 Å². The van der Waals surface area contributed by atoms with Gasteiger partial charge in [0.2, 0.25) is 10.0 Å². The van der Waals surface area contributed by atoms with Crippen molar-refractivity contribution >= 4 is 39.4 Å². The molecule has 6 nitrogen and oxygen atoms in total. The highest BCUT2D eigenvalue weighted by Crippen LogP contribution is 2.47. The van der Waals surface area contributed by atoms with Gasteiger partial charge in [-0.2, -0.15) is 4.31 Å². The van der Waals surface area contributed by atoms with E-state index in [9.17, 15) is 18.3 Å². The SMILES string of the molecule is O=C(O)C1CSC(C2CC2)N1S(=O)(=O)c1cccnc1Cl. The molecule has 2 fully saturated rings. The number of halogens is 1. The molecule has 0 amide bonds. The summed E-state index contributed by atoms with van der Waals surface area (Å²) >= 11 is 7.27. The molecule has 1 saturated carbocycles. The van der Waals surface area contributed by atoms with Gasteiger partial charge in [-0.1, -0.05) is 11.6 Å². The molecule has 9 heteroatoms. The first-order chi connectivity index (χ1) is 9.93. The van der Waals surface area contributed by atoms with Crippen LogP contribution in [0.3, 0.4) is 0 Å². The lowest BCUT2D eigenvalue weighted by atomic mass is 10.3. The summed E-state index contributed by atoms with van der Waals surface area (Å²) in [6.07, 6.45) is 3.25. The molecule has 1 saturated heterocycles. The van der Waals surface area contributed by atoms with Crippen LogP contribution in [0.25, 0.3) is 0 Å². The summed E-state index contributed by atoms with van der Waals surface area (Å²) in [5.74, 6) is -0.646. The van der Waals surface area contributed by atoms with Crippen molar-refractivity contribution in [3.8, 4) is 0 Å². The number of rotatable bonds is 4. The summed E-state index contributed by atoms with van der Waals surface area (Å²) in [6.45, 7) is 0. The number of thioether (sulfide) groups is 1. The van der Waals surface area contributed by atoms with Crippen LogP contribution < -0.4 is 0 Å². The van der Waals surface area contributed by atoms with Crippen LogP contribution in [0, 0.1) is 5.92 Å². The topological polar surface area (TPSA) is 87.6 Å². The molecule has 21 heavy (non-hydrogen) atoms. The molecule has 3 rings (SSSR count). The summed E-state index contributed by atoms with van der Waals surface area (Å²) in [5, 5.41) is 8.86. The van der Waals surface area contributed by atoms with Crippen LogP contribution in [0.1, 0.15) is 12.8 Å². The van der Waals surface area contributed by atoms with Crippen LogP contribution in [0.2, 0.25) is 5.15 Å². The molecule has 2 heterocycles. The zero-order valence-corrected chi connectivity index (χ0v) is 13.2. The van der Waals surface area contributed by atoms with Gasteiger partial charge in [-0.25, -0.2) is 13.4 Å². The molecule has 1 aliphatic carbocycles. The van der Waals surface area contributed by atoms with E-state index in [2.05, 4.69) is 4.98 Å². The van der Waals surface area contributed by atoms with Crippen LogP contribution in [-0.4, -0.2) is 46.0 Å². The monoisotopic (exact) mass is 348 g/mol. The number of carbonyl (C=O) groups is 1. The lowest BCUT2D eigenvalue weighted by Gasteiger charge is -2.26. The fourth-order valence-corrected chi connectivity index (χ4v) is 6.64. The highest BCUT2D eigenvalue weighted by atomic mass is 35.5. The first-order valence-corrected chi connectivity index (χ1v) is 9.28. The second-order valence-electron chi connectivity index (χ2n) is 5.04. The number of sulfonamides is 1. The number of aromatic nitrogens is 1. The van der Waals surface area contributed by atoms with Crippen molar-refractivity contribution in [1.29, 1.82) is 0 Å². The zero-order chi connectivity index (χ0) is 15.2. The average Bonchev–Trinajstić information content (AvgIpc) is 3.16. The standard InChI is InChI=1S/C12H13ClN2O4S2/c13-10-9(2-1-5-14-10)21(18,19)15-8(12(16)17)6-20-11(15)7-3-4-7/h1-2,5,7-8,11H,3-4,6H2,(H,16,17). The van der Waals surface area contributed by atoms with Crippen molar-refractivity contribution in [3.63, 3.8) is 0 Å². The summed E-state index contributed by atoms with van der Waals surface area (Å²) in [4.78, 5) is 15.0. The van der Waals surface area contributed by atoms with Gasteiger partial charge in [0, 0.05) is 11.9 Å². The van der Waals surface area contributed by atoms with E-state index >= 15 is 0 Å². The van der Waals surface area contributed by atoms with Crippen LogP contribution >= 0.6 is 23.4 Å². The van der Waals surface area contributed by atoms with Gasteiger partial charge in [-0.3, -0.25) is 4.79 Å². The molecule has 1 aromatic heterocycles. The smallest absolute Gasteiger partial charge is 0.322 e. The fourth-order valence-electron chi connectivity index (χ4n) is 2.40. The molecule has 0 bridgehead atoms. The Bertz CT molecular complexity index is 678. The van der Waals surface area contributed by atoms with Crippen LogP contribution in [0.5, 0.6) is 0 Å². The fraction of sp³-hybridized carbons (Fsp3) is 0.500. The number of carboxylic acids is 1. The normalized spacial score (nSPS) is 26.9. The molecule has 1 aliphatic heterocycles. The van der Waals surface area contributed by atoms with E-state index in [4.69, 9.17) is 11.6 Å². The number of nitrogens with zero attached hydrogens (tertiary/aromatic N) is 2. The maximum absolute atomic E-state index is 12.8. The molecule has 0 spiro atoms. The first kappa shape index (κ1) is 15.1. The maximum Gasteiger partial charge on any atom is 0.322 e. The average molecular weight is 349 g/mol. The van der Waals surface area contributed by atoms with Gasteiger partial charge in [0.15, 0.2) is 0 Å². The number of carboxylic acid groups (broad SMARTS) is 1. The molecule has 0 aromatic carbocycles. The van der Waals surface area contributed by atoms with E-state index in [0.29, 0.717) is 0 Å². The highest BCUT2D eigenvalue weighted by Gasteiger charge is 2.52. The van der Waals surface area contributed by atoms with Gasteiger partial charge < -0.3 is 5.11 Å². The lowest BCUT2D eigenvalue weighted by molar-refractivity contribution is -0.140. The van der Waals surface area contributed by atoms with Gasteiger partial charge in [0.1, 0.15) is 16.1 Å². The van der Waals surface area contributed by atoms with Gasteiger partial charge in [-0.15, -0.1) is 11.8 Å². The quantitative estimate of drug-likeness (QED) is 0.833. The van der Waals surface area contributed by atoms with Gasteiger partial charge in [0.25, 0.3) is 0 Å². The predicted molar refractivity (Wildman–Crippen MR) is 78.7 cm³/mol. The molecule has 114 valence electrons. The van der Waals surface area contributed by atoms with Gasteiger partial charge in [0.05, 0.1) is 5.37 Å². The first-order valence-electron chi connectivity index (χ1n) is 6.41. The molecule has 1 N–H and O–H groups in total. The molecule has 2 atom stereocenters. The number of pyridine rings is 1. The summed E-state index contributed by atoms with van der Waals surface area (Å²) in [7, 11) is -3.98. The second kappa shape index (κ2) is 5.42. The maximum atomic E-state index is 12.8. The van der Waals surface area contributed by atoms with Gasteiger partial charge in [-0.05, 0) is 30.9 Å². The van der Waals surface area contributed by atoms with Crippen molar-refractivity contribution in [2.75, 3.05) is 5.75 Å². The Morgan fingerprint density at radius 1 is 1.48 bits per heavy atom. The van der Waals surface area contributed by atoms with Crippen molar-refractivity contribution in [2.24, 2.45) is 5.92 Å². The minimum Gasteiger partial charge on any atom is -0.480 e. The molecular weight excluding hydrogens is 336 g/mol. The van der Waals surface area contributed by atoms with E-state index in [0.717, 1.165) is 17.1 Å². The third kappa shape index (κ3) is 2.65. The Morgan fingerprint density at radius 2 is 2.19 bits per heavy atom. The second-order valence-corrected chi connectivity index (χ2v) is 8.36. The molecule has 2 aliphatic rings. The molecule has 2 unspecified atom stereocenters. The summed E-state index contributed by atoms with van der Waals surface area (Å²) in [5.41, 5.74) is 0. The van der Waals surface area contributed by atoms with E-state index in [1.165, 1.54) is 30.1 Å². The molecule has 1 aromatic rings. The van der Waals surface area contributed by atoms with Crippen molar-refractivity contribution < 1.29 is 18.3 Å². The largest absolute Gasteiger partial charge is 0.480 e. The van der Waals surface area contributed by atoms with E-state index in [-0.39, 0.29) is 27.1 Å². The van der Waals surface area contributed by atoms with Crippen LogP contribution in [-0.2, 0) is 14.8 Å². The Morgan fingerprint density at radius 3 is 2.76 bits per heavy atom. The molecule has 0 radical (unpaired) electrons. The molecular formula is C12H13ClN2O4S2. The van der Waals surface area contributed by atoms with E-state index < -0.39 is 22.0 Å². The minimum atomic E-state index is -3.98. The number of hydrogen-bond acceptors (Lipinski definition) is 5. The van der Waals surface area contributed by atoms with Gasteiger partial charge >= 0.3 is 5.97 Å². The Balaban J connectivity index is 2.05. The zero-order valence-electron chi connectivity index (χ0n) is 10.8. The lowest BCUT2D eigenvalue weighted by Crippen LogP contribution is -2.46. The Hall–Kier alpha value is -0.830. The third-order valence-electron chi connectivity index (χ3n) is 3.57. The summed E-state index contributed by atoms with van der Waals surface area (Å²) in [6, 6.07) is 1.78.